The molecule has 0 aliphatic rings. The Labute approximate surface area is 183 Å². The van der Waals surface area contributed by atoms with Crippen LogP contribution >= 0.6 is 0 Å². The number of halogens is 2. The highest BCUT2D eigenvalue weighted by molar-refractivity contribution is 5.83. The Hall–Kier alpha value is -3.58. The van der Waals surface area contributed by atoms with Crippen molar-refractivity contribution in [1.82, 2.24) is 4.98 Å². The van der Waals surface area contributed by atoms with Crippen molar-refractivity contribution < 1.29 is 18.3 Å². The van der Waals surface area contributed by atoms with Crippen LogP contribution < -0.4 is 10.7 Å². The monoisotopic (exact) mass is 436 g/mol. The van der Waals surface area contributed by atoms with Crippen molar-refractivity contribution in [2.45, 2.75) is 32.9 Å². The Morgan fingerprint density at radius 3 is 2.62 bits per heavy atom. The summed E-state index contributed by atoms with van der Waals surface area (Å²) in [5.74, 6) is 0.123. The summed E-state index contributed by atoms with van der Waals surface area (Å²) in [5, 5.41) is 13.4. The molecule has 1 atom stereocenters. The molecule has 7 heteroatoms. The molecule has 1 unspecified atom stereocenters. The van der Waals surface area contributed by atoms with Gasteiger partial charge in [-0.1, -0.05) is 30.3 Å². The largest absolute Gasteiger partial charge is 0.454 e. The van der Waals surface area contributed by atoms with E-state index in [9.17, 15) is 18.7 Å². The predicted octanol–water partition coefficient (Wildman–Crippen LogP) is 5.77. The summed E-state index contributed by atoms with van der Waals surface area (Å²) >= 11 is 0. The molecule has 2 aromatic carbocycles. The zero-order valence-electron chi connectivity index (χ0n) is 17.6. The highest BCUT2D eigenvalue weighted by Gasteiger charge is 2.18. The van der Waals surface area contributed by atoms with Crippen LogP contribution in [0.1, 0.15) is 41.8 Å². The minimum absolute atomic E-state index is 0.115. The van der Waals surface area contributed by atoms with Gasteiger partial charge in [0, 0.05) is 22.9 Å². The molecule has 0 aliphatic carbocycles. The van der Waals surface area contributed by atoms with Crippen LogP contribution in [0, 0.1) is 6.92 Å². The number of nitrogens with one attached hydrogen (secondary N) is 1. The standard InChI is InChI=1S/C25H22F2N2O3/c1-14-10-17(15(2)28-19-7-4-3-6-16(19)13-30)24-18(11-14)22(31)12-23(32-24)20-8-5-9-21(29-20)25(26)27/h3-12,15,25,28,30H,13H2,1-2H3. The van der Waals surface area contributed by atoms with E-state index in [2.05, 4.69) is 10.3 Å². The second-order valence-corrected chi connectivity index (χ2v) is 7.64. The number of aliphatic hydroxyl groups is 1. The van der Waals surface area contributed by atoms with Gasteiger partial charge in [-0.25, -0.2) is 13.8 Å². The Morgan fingerprint density at radius 2 is 1.88 bits per heavy atom. The second kappa shape index (κ2) is 8.88. The summed E-state index contributed by atoms with van der Waals surface area (Å²) in [5.41, 5.74) is 2.99. The molecule has 32 heavy (non-hydrogen) atoms. The Morgan fingerprint density at radius 1 is 1.09 bits per heavy atom. The fraction of sp³-hybridized carbons (Fsp3) is 0.200. The van der Waals surface area contributed by atoms with Crippen molar-refractivity contribution in [3.05, 3.63) is 93.3 Å². The van der Waals surface area contributed by atoms with Crippen LogP contribution in [-0.2, 0) is 6.61 Å². The first-order chi connectivity index (χ1) is 15.4. The first-order valence-electron chi connectivity index (χ1n) is 10.2. The Bertz CT molecular complexity index is 1330. The minimum atomic E-state index is -2.73. The fourth-order valence-electron chi connectivity index (χ4n) is 3.70. The summed E-state index contributed by atoms with van der Waals surface area (Å²) < 4.78 is 32.3. The normalized spacial score (nSPS) is 12.3. The third-order valence-corrected chi connectivity index (χ3v) is 5.27. The van der Waals surface area contributed by atoms with E-state index in [1.165, 1.54) is 24.3 Å². The maximum absolute atomic E-state index is 13.1. The number of fused-ring (bicyclic) bond motifs is 1. The van der Waals surface area contributed by atoms with Gasteiger partial charge in [-0.2, -0.15) is 0 Å². The molecule has 4 aromatic rings. The molecule has 0 bridgehead atoms. The molecule has 0 aliphatic heterocycles. The van der Waals surface area contributed by atoms with Gasteiger partial charge in [0.15, 0.2) is 11.2 Å². The van der Waals surface area contributed by atoms with Gasteiger partial charge in [0.2, 0.25) is 0 Å². The van der Waals surface area contributed by atoms with Crippen LogP contribution in [0.15, 0.2) is 69.9 Å². The number of alkyl halides is 2. The van der Waals surface area contributed by atoms with Crippen molar-refractivity contribution in [2.24, 2.45) is 0 Å². The average Bonchev–Trinajstić information content (AvgIpc) is 2.79. The third-order valence-electron chi connectivity index (χ3n) is 5.27. The zero-order valence-corrected chi connectivity index (χ0v) is 17.6. The van der Waals surface area contributed by atoms with Crippen molar-refractivity contribution in [2.75, 3.05) is 5.32 Å². The summed E-state index contributed by atoms with van der Waals surface area (Å²) in [6, 6.07) is 16.3. The van der Waals surface area contributed by atoms with Crippen LogP contribution in [0.3, 0.4) is 0 Å². The van der Waals surface area contributed by atoms with E-state index in [-0.39, 0.29) is 35.2 Å². The SMILES string of the molecule is Cc1cc(C(C)Nc2ccccc2CO)c2oc(-c3cccc(C(F)F)n3)cc(=O)c2c1. The van der Waals surface area contributed by atoms with E-state index in [0.29, 0.717) is 11.0 Å². The first kappa shape index (κ1) is 21.6. The van der Waals surface area contributed by atoms with Crippen LogP contribution in [0.25, 0.3) is 22.4 Å². The van der Waals surface area contributed by atoms with Crippen LogP contribution in [0.4, 0.5) is 14.5 Å². The number of pyridine rings is 1. The molecule has 164 valence electrons. The van der Waals surface area contributed by atoms with E-state index in [4.69, 9.17) is 4.42 Å². The molecule has 0 amide bonds. The van der Waals surface area contributed by atoms with Gasteiger partial charge in [-0.05, 0) is 43.7 Å². The predicted molar refractivity (Wildman–Crippen MR) is 120 cm³/mol. The van der Waals surface area contributed by atoms with Crippen LogP contribution in [0.5, 0.6) is 0 Å². The number of aliphatic hydroxyl groups excluding tert-OH is 1. The lowest BCUT2D eigenvalue weighted by Crippen LogP contribution is -2.11. The number of rotatable bonds is 6. The highest BCUT2D eigenvalue weighted by atomic mass is 19.3. The Kier molecular flexibility index (Phi) is 6.01. The quantitative estimate of drug-likeness (QED) is 0.402. The Balaban J connectivity index is 1.84. The molecule has 0 fully saturated rings. The topological polar surface area (TPSA) is 75.4 Å². The maximum Gasteiger partial charge on any atom is 0.280 e. The molecule has 2 aromatic heterocycles. The number of benzene rings is 2. The van der Waals surface area contributed by atoms with Crippen molar-refractivity contribution in [3.8, 4) is 11.5 Å². The maximum atomic E-state index is 13.1. The number of para-hydroxylation sites is 1. The molecule has 0 radical (unpaired) electrons. The van der Waals surface area contributed by atoms with Gasteiger partial charge in [-0.15, -0.1) is 0 Å². The summed E-state index contributed by atoms with van der Waals surface area (Å²) in [6.45, 7) is 3.69. The third kappa shape index (κ3) is 4.24. The fourth-order valence-corrected chi connectivity index (χ4v) is 3.70. The number of aromatic nitrogens is 1. The lowest BCUT2D eigenvalue weighted by Gasteiger charge is -2.19. The first-order valence-corrected chi connectivity index (χ1v) is 10.2. The molecule has 4 rings (SSSR count). The highest BCUT2D eigenvalue weighted by Crippen LogP contribution is 2.31. The molecule has 5 nitrogen and oxygen atoms in total. The van der Waals surface area contributed by atoms with E-state index >= 15 is 0 Å². The van der Waals surface area contributed by atoms with E-state index in [0.717, 1.165) is 22.4 Å². The summed E-state index contributed by atoms with van der Waals surface area (Å²) in [4.78, 5) is 16.8. The van der Waals surface area contributed by atoms with Gasteiger partial charge in [0.05, 0.1) is 18.0 Å². The number of nitrogens with zero attached hydrogens (tertiary/aromatic N) is 1. The second-order valence-electron chi connectivity index (χ2n) is 7.64. The lowest BCUT2D eigenvalue weighted by molar-refractivity contribution is 0.146. The number of hydrogen-bond acceptors (Lipinski definition) is 5. The molecule has 0 saturated carbocycles. The summed E-state index contributed by atoms with van der Waals surface area (Å²) in [6.07, 6.45) is -2.73. The summed E-state index contributed by atoms with van der Waals surface area (Å²) in [7, 11) is 0. The average molecular weight is 436 g/mol. The van der Waals surface area contributed by atoms with Gasteiger partial charge in [0.25, 0.3) is 6.43 Å². The number of aryl methyl sites for hydroxylation is 1. The molecular formula is C25H22F2N2O3. The van der Waals surface area contributed by atoms with Crippen LogP contribution in [0.2, 0.25) is 0 Å². The minimum Gasteiger partial charge on any atom is -0.454 e. The molecule has 2 N–H and O–H groups in total. The molecule has 0 saturated heterocycles. The lowest BCUT2D eigenvalue weighted by atomic mass is 10.0. The molecular weight excluding hydrogens is 414 g/mol. The molecule has 0 spiro atoms. The van der Waals surface area contributed by atoms with Gasteiger partial charge >= 0.3 is 0 Å². The van der Waals surface area contributed by atoms with Gasteiger partial charge in [0.1, 0.15) is 17.0 Å². The number of anilines is 1. The zero-order chi connectivity index (χ0) is 22.8. The molecule has 2 heterocycles. The van der Waals surface area contributed by atoms with Crippen molar-refractivity contribution >= 4 is 16.7 Å². The van der Waals surface area contributed by atoms with Crippen molar-refractivity contribution in [1.29, 1.82) is 0 Å². The van der Waals surface area contributed by atoms with E-state index < -0.39 is 6.43 Å². The van der Waals surface area contributed by atoms with Crippen LogP contribution in [-0.4, -0.2) is 10.1 Å². The van der Waals surface area contributed by atoms with Gasteiger partial charge < -0.3 is 14.8 Å². The van der Waals surface area contributed by atoms with E-state index in [1.807, 2.05) is 44.2 Å². The van der Waals surface area contributed by atoms with Gasteiger partial charge in [-0.3, -0.25) is 4.79 Å². The smallest absolute Gasteiger partial charge is 0.280 e. The van der Waals surface area contributed by atoms with E-state index in [1.54, 1.807) is 6.07 Å². The number of hydrogen-bond donors (Lipinski definition) is 2. The van der Waals surface area contributed by atoms with Crippen molar-refractivity contribution in [3.63, 3.8) is 0 Å².